The van der Waals surface area contributed by atoms with E-state index in [0.29, 0.717) is 5.92 Å². The van der Waals surface area contributed by atoms with Crippen LogP contribution in [0, 0.1) is 5.92 Å². The number of aryl methyl sites for hydroxylation is 1. The molecule has 3 heteroatoms. The molecule has 1 heterocycles. The molecule has 0 radical (unpaired) electrons. The van der Waals surface area contributed by atoms with Gasteiger partial charge in [0.2, 0.25) is 0 Å². The molecule has 0 spiro atoms. The van der Waals surface area contributed by atoms with Crippen LogP contribution in [0.4, 0.5) is 0 Å². The van der Waals surface area contributed by atoms with Crippen molar-refractivity contribution in [3.05, 3.63) is 48.0 Å². The number of hydrogen-bond donors (Lipinski definition) is 1. The van der Waals surface area contributed by atoms with Crippen molar-refractivity contribution in [3.8, 4) is 0 Å². The third-order valence-electron chi connectivity index (χ3n) is 5.41. The first kappa shape index (κ1) is 16.4. The number of nitrogens with zero attached hydrogens (tertiary/aromatic N) is 1. The van der Waals surface area contributed by atoms with Gasteiger partial charge in [0.1, 0.15) is 0 Å². The van der Waals surface area contributed by atoms with Crippen LogP contribution < -0.4 is 5.73 Å². The number of rotatable bonds is 3. The van der Waals surface area contributed by atoms with Gasteiger partial charge in [-0.05, 0) is 49.4 Å². The van der Waals surface area contributed by atoms with Gasteiger partial charge in [0.25, 0.3) is 0 Å². The summed E-state index contributed by atoms with van der Waals surface area (Å²) < 4.78 is 2.40. The maximum absolute atomic E-state index is 6.57. The predicted octanol–water partition coefficient (Wildman–Crippen LogP) is 5.43. The molecule has 2 nitrogen and oxygen atoms in total. The van der Waals surface area contributed by atoms with Crippen molar-refractivity contribution >= 4 is 34.2 Å². The summed E-state index contributed by atoms with van der Waals surface area (Å²) in [4.78, 5) is 0. The standard InChI is InChI=1S/C20H24N2.ClH/c1-2-22-18-10-6-5-9-16(18)17-13-15(11-12-19(17)22)20(21)14-7-3-4-8-14;/h5-6,9-14,20H,2-4,7-8,21H2,1H3;1H/t20-;/m0./s1. The van der Waals surface area contributed by atoms with Crippen LogP contribution in [-0.2, 0) is 6.54 Å². The van der Waals surface area contributed by atoms with Crippen molar-refractivity contribution in [2.24, 2.45) is 11.7 Å². The molecular formula is C20H25ClN2. The lowest BCUT2D eigenvalue weighted by molar-refractivity contribution is 0.445. The van der Waals surface area contributed by atoms with Gasteiger partial charge in [-0.3, -0.25) is 0 Å². The monoisotopic (exact) mass is 328 g/mol. The minimum atomic E-state index is 0. The van der Waals surface area contributed by atoms with E-state index >= 15 is 0 Å². The second kappa shape index (κ2) is 6.54. The van der Waals surface area contributed by atoms with Gasteiger partial charge in [-0.25, -0.2) is 0 Å². The van der Waals surface area contributed by atoms with E-state index in [9.17, 15) is 0 Å². The van der Waals surface area contributed by atoms with Gasteiger partial charge in [0, 0.05) is 34.4 Å². The fourth-order valence-electron chi connectivity index (χ4n) is 4.21. The lowest BCUT2D eigenvalue weighted by Crippen LogP contribution is -2.18. The highest BCUT2D eigenvalue weighted by atomic mass is 35.5. The van der Waals surface area contributed by atoms with Crippen LogP contribution in [-0.4, -0.2) is 4.57 Å². The van der Waals surface area contributed by atoms with Crippen molar-refractivity contribution in [2.45, 2.75) is 45.2 Å². The zero-order chi connectivity index (χ0) is 15.1. The lowest BCUT2D eigenvalue weighted by Gasteiger charge is -2.19. The molecule has 23 heavy (non-hydrogen) atoms. The van der Waals surface area contributed by atoms with Gasteiger partial charge in [0.05, 0.1) is 0 Å². The first-order valence-electron chi connectivity index (χ1n) is 8.56. The summed E-state index contributed by atoms with van der Waals surface area (Å²) in [5, 5.41) is 2.70. The highest BCUT2D eigenvalue weighted by Gasteiger charge is 2.23. The highest BCUT2D eigenvalue weighted by molar-refractivity contribution is 6.08. The summed E-state index contributed by atoms with van der Waals surface area (Å²) in [6, 6.07) is 15.7. The fraction of sp³-hybridized carbons (Fsp3) is 0.400. The Labute approximate surface area is 144 Å². The average Bonchev–Trinajstić information content (AvgIpc) is 3.20. The summed E-state index contributed by atoms with van der Waals surface area (Å²) in [6.07, 6.45) is 5.26. The van der Waals surface area contributed by atoms with Gasteiger partial charge >= 0.3 is 0 Å². The molecule has 3 aromatic rings. The molecule has 4 rings (SSSR count). The van der Waals surface area contributed by atoms with Crippen molar-refractivity contribution < 1.29 is 0 Å². The SMILES string of the molecule is CCn1c2ccccc2c2cc([C@@H](N)C3CCCC3)ccc21.Cl. The van der Waals surface area contributed by atoms with Crippen LogP contribution in [0.25, 0.3) is 21.8 Å². The number of fused-ring (bicyclic) bond motifs is 3. The first-order chi connectivity index (χ1) is 10.8. The lowest BCUT2D eigenvalue weighted by atomic mass is 9.91. The quantitative estimate of drug-likeness (QED) is 0.683. The Balaban J connectivity index is 0.00000156. The van der Waals surface area contributed by atoms with E-state index in [1.807, 2.05) is 0 Å². The van der Waals surface area contributed by atoms with Crippen LogP contribution in [0.2, 0.25) is 0 Å². The van der Waals surface area contributed by atoms with Crippen molar-refractivity contribution in [2.75, 3.05) is 0 Å². The highest BCUT2D eigenvalue weighted by Crippen LogP contribution is 2.36. The second-order valence-electron chi connectivity index (χ2n) is 6.61. The van der Waals surface area contributed by atoms with Crippen molar-refractivity contribution in [1.82, 2.24) is 4.57 Å². The average molecular weight is 329 g/mol. The summed E-state index contributed by atoms with van der Waals surface area (Å²) in [5.41, 5.74) is 10.5. The zero-order valence-corrected chi connectivity index (χ0v) is 14.5. The number of nitrogens with two attached hydrogens (primary N) is 1. The molecular weight excluding hydrogens is 304 g/mol. The third kappa shape index (κ3) is 2.64. The molecule has 1 atom stereocenters. The number of hydrogen-bond acceptors (Lipinski definition) is 1. The topological polar surface area (TPSA) is 30.9 Å². The predicted molar refractivity (Wildman–Crippen MR) is 101 cm³/mol. The first-order valence-corrected chi connectivity index (χ1v) is 8.56. The normalized spacial score (nSPS) is 16.8. The summed E-state index contributed by atoms with van der Waals surface area (Å²) in [6.45, 7) is 3.21. The molecule has 0 saturated heterocycles. The Kier molecular flexibility index (Phi) is 4.65. The maximum Gasteiger partial charge on any atom is 0.0491 e. The molecule has 1 aliphatic rings. The van der Waals surface area contributed by atoms with E-state index in [-0.39, 0.29) is 18.4 Å². The van der Waals surface area contributed by atoms with Gasteiger partial charge in [-0.2, -0.15) is 0 Å². The van der Waals surface area contributed by atoms with E-state index in [1.165, 1.54) is 53.1 Å². The van der Waals surface area contributed by atoms with E-state index in [0.717, 1.165) is 6.54 Å². The molecule has 0 bridgehead atoms. The van der Waals surface area contributed by atoms with Crippen LogP contribution in [0.3, 0.4) is 0 Å². The maximum atomic E-state index is 6.57. The molecule has 2 aromatic carbocycles. The largest absolute Gasteiger partial charge is 0.341 e. The Morgan fingerprint density at radius 2 is 1.74 bits per heavy atom. The fourth-order valence-corrected chi connectivity index (χ4v) is 4.21. The third-order valence-corrected chi connectivity index (χ3v) is 5.41. The summed E-state index contributed by atoms with van der Waals surface area (Å²) in [5.74, 6) is 0.664. The zero-order valence-electron chi connectivity index (χ0n) is 13.7. The van der Waals surface area contributed by atoms with Crippen LogP contribution in [0.5, 0.6) is 0 Å². The molecule has 0 aliphatic heterocycles. The Bertz CT molecular complexity index is 815. The minimum absolute atomic E-state index is 0. The van der Waals surface area contributed by atoms with Crippen LogP contribution >= 0.6 is 12.4 Å². The van der Waals surface area contributed by atoms with Crippen molar-refractivity contribution in [3.63, 3.8) is 0 Å². The molecule has 1 aliphatic carbocycles. The van der Waals surface area contributed by atoms with E-state index in [1.54, 1.807) is 0 Å². The summed E-state index contributed by atoms with van der Waals surface area (Å²) >= 11 is 0. The number of benzene rings is 2. The Morgan fingerprint density at radius 3 is 2.48 bits per heavy atom. The Morgan fingerprint density at radius 1 is 1.04 bits per heavy atom. The Hall–Kier alpha value is -1.51. The smallest absolute Gasteiger partial charge is 0.0491 e. The van der Waals surface area contributed by atoms with Crippen LogP contribution in [0.15, 0.2) is 42.5 Å². The number of aromatic nitrogens is 1. The second-order valence-corrected chi connectivity index (χ2v) is 6.61. The van der Waals surface area contributed by atoms with Crippen LogP contribution in [0.1, 0.15) is 44.2 Å². The van der Waals surface area contributed by atoms with E-state index in [2.05, 4.69) is 54.0 Å². The van der Waals surface area contributed by atoms with Gasteiger partial charge in [-0.1, -0.05) is 37.1 Å². The molecule has 1 fully saturated rings. The van der Waals surface area contributed by atoms with Gasteiger partial charge in [-0.15, -0.1) is 12.4 Å². The number of halogens is 1. The van der Waals surface area contributed by atoms with E-state index in [4.69, 9.17) is 5.73 Å². The summed E-state index contributed by atoms with van der Waals surface area (Å²) in [7, 11) is 0. The molecule has 122 valence electrons. The number of para-hydroxylation sites is 1. The molecule has 0 unspecified atom stereocenters. The molecule has 1 saturated carbocycles. The van der Waals surface area contributed by atoms with Gasteiger partial charge in [0.15, 0.2) is 0 Å². The molecule has 0 amide bonds. The van der Waals surface area contributed by atoms with Gasteiger partial charge < -0.3 is 10.3 Å². The minimum Gasteiger partial charge on any atom is -0.341 e. The molecule has 1 aromatic heterocycles. The van der Waals surface area contributed by atoms with Crippen molar-refractivity contribution in [1.29, 1.82) is 0 Å². The van der Waals surface area contributed by atoms with E-state index < -0.39 is 0 Å². The molecule has 2 N–H and O–H groups in total.